The number of ether oxygens (including phenoxy) is 2. The van der Waals surface area contributed by atoms with Crippen LogP contribution in [0.3, 0.4) is 0 Å². The van der Waals surface area contributed by atoms with Crippen LogP contribution in [0.5, 0.6) is 11.5 Å². The van der Waals surface area contributed by atoms with Gasteiger partial charge >= 0.3 is 6.03 Å². The minimum Gasteiger partial charge on any atom is -0.495 e. The van der Waals surface area contributed by atoms with E-state index in [9.17, 15) is 4.79 Å². The van der Waals surface area contributed by atoms with E-state index in [1.165, 1.54) is 7.11 Å². The Morgan fingerprint density at radius 3 is 2.70 bits per heavy atom. The zero-order chi connectivity index (χ0) is 16.8. The van der Waals surface area contributed by atoms with E-state index in [2.05, 4.69) is 10.6 Å². The van der Waals surface area contributed by atoms with Gasteiger partial charge in [-0.05, 0) is 49.2 Å². The summed E-state index contributed by atoms with van der Waals surface area (Å²) in [6.45, 7) is 4.04. The fourth-order valence-corrected chi connectivity index (χ4v) is 2.18. The lowest BCUT2D eigenvalue weighted by Crippen LogP contribution is -2.32. The minimum absolute atomic E-state index is 0.0546. The average Bonchev–Trinajstić information content (AvgIpc) is 2.52. The molecular formula is C17H19ClN2O3. The molecule has 2 N–H and O–H groups in total. The van der Waals surface area contributed by atoms with Gasteiger partial charge in [0.1, 0.15) is 11.5 Å². The highest BCUT2D eigenvalue weighted by Gasteiger charge is 2.08. The largest absolute Gasteiger partial charge is 0.495 e. The van der Waals surface area contributed by atoms with Gasteiger partial charge in [0.05, 0.1) is 12.8 Å². The standard InChI is InChI=1S/C17H19ClN2O3/c1-11-5-4-6-15(12(11)2)23-10-19-17(21)20-14-9-13(18)7-8-16(14)22-3/h4-9H,10H2,1-3H3,(H2,19,20,21). The van der Waals surface area contributed by atoms with E-state index in [0.717, 1.165) is 16.9 Å². The summed E-state index contributed by atoms with van der Waals surface area (Å²) in [5.41, 5.74) is 2.67. The monoisotopic (exact) mass is 334 g/mol. The van der Waals surface area contributed by atoms with Gasteiger partial charge in [0.2, 0.25) is 0 Å². The van der Waals surface area contributed by atoms with Crippen molar-refractivity contribution in [1.82, 2.24) is 5.32 Å². The molecule has 0 aliphatic carbocycles. The molecule has 0 radical (unpaired) electrons. The van der Waals surface area contributed by atoms with E-state index < -0.39 is 6.03 Å². The predicted octanol–water partition coefficient (Wildman–Crippen LogP) is 4.12. The highest BCUT2D eigenvalue weighted by Crippen LogP contribution is 2.27. The Kier molecular flexibility index (Phi) is 5.71. The lowest BCUT2D eigenvalue weighted by atomic mass is 10.1. The number of carbonyl (C=O) groups excluding carboxylic acids is 1. The van der Waals surface area contributed by atoms with E-state index >= 15 is 0 Å². The first-order chi connectivity index (χ1) is 11.0. The molecule has 0 fully saturated rings. The van der Waals surface area contributed by atoms with Crippen molar-refractivity contribution in [2.45, 2.75) is 13.8 Å². The fraction of sp³-hybridized carbons (Fsp3) is 0.235. The number of hydrogen-bond donors (Lipinski definition) is 2. The van der Waals surface area contributed by atoms with Gasteiger partial charge in [0.15, 0.2) is 6.73 Å². The van der Waals surface area contributed by atoms with Crippen molar-refractivity contribution >= 4 is 23.3 Å². The first kappa shape index (κ1) is 17.0. The van der Waals surface area contributed by atoms with Crippen LogP contribution in [0.4, 0.5) is 10.5 Å². The van der Waals surface area contributed by atoms with Crippen molar-refractivity contribution in [3.8, 4) is 11.5 Å². The van der Waals surface area contributed by atoms with Gasteiger partial charge in [-0.1, -0.05) is 23.7 Å². The minimum atomic E-state index is -0.407. The predicted molar refractivity (Wildman–Crippen MR) is 91.6 cm³/mol. The summed E-state index contributed by atoms with van der Waals surface area (Å²) in [6, 6.07) is 10.4. The summed E-state index contributed by atoms with van der Waals surface area (Å²) >= 11 is 5.92. The molecule has 0 bridgehead atoms. The lowest BCUT2D eigenvalue weighted by molar-refractivity contribution is 0.234. The second-order valence-corrected chi connectivity index (χ2v) is 5.40. The van der Waals surface area contributed by atoms with Gasteiger partial charge in [-0.2, -0.15) is 0 Å². The van der Waals surface area contributed by atoms with Crippen LogP contribution in [0.2, 0.25) is 5.02 Å². The van der Waals surface area contributed by atoms with Gasteiger partial charge in [-0.25, -0.2) is 4.79 Å². The third-order valence-corrected chi connectivity index (χ3v) is 3.66. The van der Waals surface area contributed by atoms with Crippen molar-refractivity contribution in [3.63, 3.8) is 0 Å². The number of anilines is 1. The summed E-state index contributed by atoms with van der Waals surface area (Å²) in [4.78, 5) is 11.9. The Hall–Kier alpha value is -2.40. The highest BCUT2D eigenvalue weighted by molar-refractivity contribution is 6.31. The smallest absolute Gasteiger partial charge is 0.321 e. The molecule has 0 aliphatic rings. The van der Waals surface area contributed by atoms with Crippen LogP contribution in [-0.4, -0.2) is 19.9 Å². The molecule has 5 nitrogen and oxygen atoms in total. The quantitative estimate of drug-likeness (QED) is 0.808. The highest BCUT2D eigenvalue weighted by atomic mass is 35.5. The number of hydrogen-bond acceptors (Lipinski definition) is 3. The van der Waals surface area contributed by atoms with Crippen LogP contribution in [0.1, 0.15) is 11.1 Å². The third kappa shape index (κ3) is 4.53. The van der Waals surface area contributed by atoms with Crippen molar-refractivity contribution < 1.29 is 14.3 Å². The molecule has 0 atom stereocenters. The zero-order valence-electron chi connectivity index (χ0n) is 13.3. The number of methoxy groups -OCH3 is 1. The summed E-state index contributed by atoms with van der Waals surface area (Å²) in [6.07, 6.45) is 0. The van der Waals surface area contributed by atoms with Gasteiger partial charge < -0.3 is 20.1 Å². The molecule has 0 spiro atoms. The fourth-order valence-electron chi connectivity index (χ4n) is 2.00. The molecule has 122 valence electrons. The molecule has 2 aromatic carbocycles. The van der Waals surface area contributed by atoms with Crippen molar-refractivity contribution in [3.05, 3.63) is 52.5 Å². The lowest BCUT2D eigenvalue weighted by Gasteiger charge is -2.13. The second-order valence-electron chi connectivity index (χ2n) is 4.96. The van der Waals surface area contributed by atoms with Gasteiger partial charge in [-0.3, -0.25) is 0 Å². The maximum atomic E-state index is 11.9. The molecule has 6 heteroatoms. The normalized spacial score (nSPS) is 10.1. The first-order valence-electron chi connectivity index (χ1n) is 7.08. The van der Waals surface area contributed by atoms with Crippen LogP contribution in [0.25, 0.3) is 0 Å². The molecular weight excluding hydrogens is 316 g/mol. The van der Waals surface area contributed by atoms with E-state index in [-0.39, 0.29) is 6.73 Å². The van der Waals surface area contributed by atoms with Crippen LogP contribution >= 0.6 is 11.6 Å². The van der Waals surface area contributed by atoms with Crippen LogP contribution < -0.4 is 20.1 Å². The summed E-state index contributed by atoms with van der Waals surface area (Å²) in [5, 5.41) is 5.81. The molecule has 0 aromatic heterocycles. The van der Waals surface area contributed by atoms with E-state index in [0.29, 0.717) is 16.5 Å². The number of nitrogens with one attached hydrogen (secondary N) is 2. The van der Waals surface area contributed by atoms with Crippen LogP contribution in [0, 0.1) is 13.8 Å². The van der Waals surface area contributed by atoms with E-state index in [4.69, 9.17) is 21.1 Å². The average molecular weight is 335 g/mol. The number of carbonyl (C=O) groups is 1. The summed E-state index contributed by atoms with van der Waals surface area (Å²) < 4.78 is 10.7. The number of rotatable bonds is 5. The molecule has 0 saturated carbocycles. The molecule has 0 unspecified atom stereocenters. The van der Waals surface area contributed by atoms with Crippen molar-refractivity contribution in [1.29, 1.82) is 0 Å². The van der Waals surface area contributed by atoms with Gasteiger partial charge in [0.25, 0.3) is 0 Å². The SMILES string of the molecule is COc1ccc(Cl)cc1NC(=O)NCOc1cccc(C)c1C. The third-order valence-electron chi connectivity index (χ3n) is 3.43. The number of urea groups is 1. The van der Waals surface area contributed by atoms with Crippen molar-refractivity contribution in [2.75, 3.05) is 19.2 Å². The molecule has 0 saturated heterocycles. The van der Waals surface area contributed by atoms with Crippen LogP contribution in [0.15, 0.2) is 36.4 Å². The van der Waals surface area contributed by atoms with E-state index in [1.54, 1.807) is 18.2 Å². The molecule has 2 amide bonds. The Labute approximate surface area is 140 Å². The maximum absolute atomic E-state index is 11.9. The Morgan fingerprint density at radius 1 is 1.17 bits per heavy atom. The number of halogens is 1. The van der Waals surface area contributed by atoms with E-state index in [1.807, 2.05) is 32.0 Å². The number of aryl methyl sites for hydroxylation is 1. The molecule has 0 heterocycles. The van der Waals surface area contributed by atoms with Gasteiger partial charge in [0, 0.05) is 5.02 Å². The Morgan fingerprint density at radius 2 is 1.96 bits per heavy atom. The summed E-state index contributed by atoms with van der Waals surface area (Å²) in [7, 11) is 1.52. The Bertz CT molecular complexity index is 704. The van der Waals surface area contributed by atoms with Crippen LogP contribution in [-0.2, 0) is 0 Å². The summed E-state index contributed by atoms with van der Waals surface area (Å²) in [5.74, 6) is 1.27. The molecule has 2 rings (SSSR count). The number of amides is 2. The topological polar surface area (TPSA) is 59.6 Å². The second kappa shape index (κ2) is 7.74. The van der Waals surface area contributed by atoms with Crippen molar-refractivity contribution in [2.24, 2.45) is 0 Å². The van der Waals surface area contributed by atoms with Gasteiger partial charge in [-0.15, -0.1) is 0 Å². The zero-order valence-corrected chi connectivity index (χ0v) is 14.0. The molecule has 0 aliphatic heterocycles. The maximum Gasteiger partial charge on any atom is 0.321 e. The molecule has 23 heavy (non-hydrogen) atoms. The number of benzene rings is 2. The molecule has 2 aromatic rings. The Balaban J connectivity index is 1.91. The first-order valence-corrected chi connectivity index (χ1v) is 7.46.